The normalized spacial score (nSPS) is 19.1. The smallest absolute Gasteiger partial charge is 0.0639 e. The van der Waals surface area contributed by atoms with E-state index in [-0.39, 0.29) is 12.1 Å². The van der Waals surface area contributed by atoms with Gasteiger partial charge in [0.05, 0.1) is 12.7 Å². The molecule has 0 heterocycles. The number of allylic oxidation sites excluding steroid dienone is 1. The van der Waals surface area contributed by atoms with Crippen LogP contribution in [0.2, 0.25) is 0 Å². The van der Waals surface area contributed by atoms with Crippen molar-refractivity contribution in [3.63, 3.8) is 0 Å². The molecule has 3 nitrogen and oxygen atoms in total. The Morgan fingerprint density at radius 3 is 2.80 bits per heavy atom. The van der Waals surface area contributed by atoms with Crippen LogP contribution in [0.3, 0.4) is 0 Å². The van der Waals surface area contributed by atoms with Crippen molar-refractivity contribution in [1.82, 2.24) is 5.43 Å². The molecule has 1 aliphatic carbocycles. The fourth-order valence-electron chi connectivity index (χ4n) is 1.88. The standard InChI is InChI=1S/C12H24N2O/c1-10(2)15-9-12(14-13)8-11-6-4-3-5-7-11/h6,10,12,14H,3-5,7-9,13H2,1-2H3. The van der Waals surface area contributed by atoms with Gasteiger partial charge >= 0.3 is 0 Å². The molecule has 0 saturated carbocycles. The molecule has 0 aromatic heterocycles. The molecule has 0 saturated heterocycles. The van der Waals surface area contributed by atoms with Gasteiger partial charge in [-0.15, -0.1) is 0 Å². The van der Waals surface area contributed by atoms with Crippen LogP contribution >= 0.6 is 0 Å². The number of nitrogens with one attached hydrogen (secondary N) is 1. The minimum atomic E-state index is 0.261. The Labute approximate surface area is 93.0 Å². The SMILES string of the molecule is CC(C)OCC(CC1=CCCCC1)NN. The minimum absolute atomic E-state index is 0.261. The molecule has 15 heavy (non-hydrogen) atoms. The van der Waals surface area contributed by atoms with Crippen LogP contribution in [0.15, 0.2) is 11.6 Å². The lowest BCUT2D eigenvalue weighted by Gasteiger charge is -2.21. The van der Waals surface area contributed by atoms with Crippen molar-refractivity contribution in [2.75, 3.05) is 6.61 Å². The summed E-state index contributed by atoms with van der Waals surface area (Å²) < 4.78 is 5.57. The summed E-state index contributed by atoms with van der Waals surface area (Å²) in [7, 11) is 0. The molecule has 0 spiro atoms. The topological polar surface area (TPSA) is 47.3 Å². The van der Waals surface area contributed by atoms with Gasteiger partial charge in [0.15, 0.2) is 0 Å². The van der Waals surface area contributed by atoms with Crippen molar-refractivity contribution in [2.24, 2.45) is 5.84 Å². The third-order valence-electron chi connectivity index (χ3n) is 2.76. The van der Waals surface area contributed by atoms with Gasteiger partial charge in [0.1, 0.15) is 0 Å². The highest BCUT2D eigenvalue weighted by Crippen LogP contribution is 2.21. The fourth-order valence-corrected chi connectivity index (χ4v) is 1.88. The van der Waals surface area contributed by atoms with Gasteiger partial charge < -0.3 is 4.74 Å². The first-order valence-corrected chi connectivity index (χ1v) is 5.98. The Morgan fingerprint density at radius 2 is 2.27 bits per heavy atom. The lowest BCUT2D eigenvalue weighted by molar-refractivity contribution is 0.0611. The summed E-state index contributed by atoms with van der Waals surface area (Å²) in [5.74, 6) is 5.52. The second kappa shape index (κ2) is 6.99. The molecule has 3 N–H and O–H groups in total. The minimum Gasteiger partial charge on any atom is -0.377 e. The molecule has 0 aromatic rings. The zero-order valence-electron chi connectivity index (χ0n) is 9.96. The number of ether oxygens (including phenoxy) is 1. The van der Waals surface area contributed by atoms with E-state index < -0.39 is 0 Å². The van der Waals surface area contributed by atoms with Gasteiger partial charge in [0.25, 0.3) is 0 Å². The maximum Gasteiger partial charge on any atom is 0.0639 e. The lowest BCUT2D eigenvalue weighted by atomic mass is 9.95. The molecule has 1 rings (SSSR count). The molecule has 0 aromatic carbocycles. The predicted molar refractivity (Wildman–Crippen MR) is 63.4 cm³/mol. The molecule has 0 fully saturated rings. The summed E-state index contributed by atoms with van der Waals surface area (Å²) in [4.78, 5) is 0. The first kappa shape index (κ1) is 12.7. The number of hydrogen-bond acceptors (Lipinski definition) is 3. The largest absolute Gasteiger partial charge is 0.377 e. The summed E-state index contributed by atoms with van der Waals surface area (Å²) in [6, 6.07) is 0.261. The summed E-state index contributed by atoms with van der Waals surface area (Å²) in [6.07, 6.45) is 8.81. The average molecular weight is 212 g/mol. The molecule has 1 unspecified atom stereocenters. The molecule has 1 atom stereocenters. The monoisotopic (exact) mass is 212 g/mol. The van der Waals surface area contributed by atoms with Crippen LogP contribution in [0.1, 0.15) is 46.0 Å². The lowest BCUT2D eigenvalue weighted by Crippen LogP contribution is -2.39. The molecule has 3 heteroatoms. The van der Waals surface area contributed by atoms with Crippen LogP contribution in [-0.2, 0) is 4.74 Å². The van der Waals surface area contributed by atoms with Crippen molar-refractivity contribution < 1.29 is 4.74 Å². The Kier molecular flexibility index (Phi) is 5.91. The van der Waals surface area contributed by atoms with E-state index in [1.54, 1.807) is 0 Å². The third-order valence-corrected chi connectivity index (χ3v) is 2.76. The van der Waals surface area contributed by atoms with E-state index in [0.29, 0.717) is 6.61 Å². The molecular formula is C12H24N2O. The average Bonchev–Trinajstić information content (AvgIpc) is 2.25. The molecule has 0 amide bonds. The van der Waals surface area contributed by atoms with Crippen LogP contribution in [0, 0.1) is 0 Å². The van der Waals surface area contributed by atoms with Crippen molar-refractivity contribution in [3.05, 3.63) is 11.6 Å². The second-order valence-electron chi connectivity index (χ2n) is 4.56. The van der Waals surface area contributed by atoms with E-state index in [1.807, 2.05) is 13.8 Å². The third kappa shape index (κ3) is 5.30. The van der Waals surface area contributed by atoms with Gasteiger partial charge in [-0.1, -0.05) is 11.6 Å². The van der Waals surface area contributed by atoms with E-state index in [9.17, 15) is 0 Å². The molecule has 0 bridgehead atoms. The zero-order valence-corrected chi connectivity index (χ0v) is 9.96. The summed E-state index contributed by atoms with van der Waals surface area (Å²) in [6.45, 7) is 4.80. The van der Waals surface area contributed by atoms with E-state index >= 15 is 0 Å². The van der Waals surface area contributed by atoms with Crippen LogP contribution in [0.4, 0.5) is 0 Å². The van der Waals surface area contributed by atoms with Crippen molar-refractivity contribution in [3.8, 4) is 0 Å². The highest BCUT2D eigenvalue weighted by atomic mass is 16.5. The number of rotatable bonds is 6. The number of hydrazine groups is 1. The van der Waals surface area contributed by atoms with E-state index in [2.05, 4.69) is 11.5 Å². The van der Waals surface area contributed by atoms with Crippen molar-refractivity contribution in [1.29, 1.82) is 0 Å². The fraction of sp³-hybridized carbons (Fsp3) is 0.833. The molecule has 1 aliphatic rings. The van der Waals surface area contributed by atoms with Gasteiger partial charge in [-0.05, 0) is 46.0 Å². The molecule has 0 radical (unpaired) electrons. The molecular weight excluding hydrogens is 188 g/mol. The highest BCUT2D eigenvalue weighted by Gasteiger charge is 2.12. The molecule has 88 valence electrons. The second-order valence-corrected chi connectivity index (χ2v) is 4.56. The molecule has 0 aliphatic heterocycles. The number of hydrogen-bond donors (Lipinski definition) is 2. The highest BCUT2D eigenvalue weighted by molar-refractivity contribution is 5.06. The van der Waals surface area contributed by atoms with Gasteiger partial charge in [0, 0.05) is 6.04 Å². The Balaban J connectivity index is 2.28. The van der Waals surface area contributed by atoms with Crippen molar-refractivity contribution >= 4 is 0 Å². The first-order chi connectivity index (χ1) is 7.22. The summed E-state index contributed by atoms with van der Waals surface area (Å²) in [5.41, 5.74) is 4.38. The summed E-state index contributed by atoms with van der Waals surface area (Å²) in [5, 5.41) is 0. The van der Waals surface area contributed by atoms with Crippen LogP contribution in [0.25, 0.3) is 0 Å². The maximum atomic E-state index is 5.57. The van der Waals surface area contributed by atoms with E-state index in [4.69, 9.17) is 10.6 Å². The van der Waals surface area contributed by atoms with E-state index in [0.717, 1.165) is 6.42 Å². The van der Waals surface area contributed by atoms with Gasteiger partial charge in [-0.25, -0.2) is 0 Å². The van der Waals surface area contributed by atoms with Gasteiger partial charge in [-0.2, -0.15) is 0 Å². The van der Waals surface area contributed by atoms with Gasteiger partial charge in [0.2, 0.25) is 0 Å². The first-order valence-electron chi connectivity index (χ1n) is 5.98. The summed E-state index contributed by atoms with van der Waals surface area (Å²) >= 11 is 0. The Bertz CT molecular complexity index is 202. The van der Waals surface area contributed by atoms with Crippen LogP contribution in [0.5, 0.6) is 0 Å². The zero-order chi connectivity index (χ0) is 11.1. The maximum absolute atomic E-state index is 5.57. The van der Waals surface area contributed by atoms with Gasteiger partial charge in [-0.3, -0.25) is 11.3 Å². The van der Waals surface area contributed by atoms with Crippen molar-refractivity contribution in [2.45, 2.75) is 58.1 Å². The van der Waals surface area contributed by atoms with Crippen LogP contribution < -0.4 is 11.3 Å². The number of nitrogens with two attached hydrogens (primary N) is 1. The quantitative estimate of drug-likeness (QED) is 0.403. The van der Waals surface area contributed by atoms with Crippen LogP contribution in [-0.4, -0.2) is 18.8 Å². The Morgan fingerprint density at radius 1 is 1.47 bits per heavy atom. The Hall–Kier alpha value is -0.380. The van der Waals surface area contributed by atoms with E-state index in [1.165, 1.54) is 31.3 Å². The predicted octanol–water partition coefficient (Wildman–Crippen LogP) is 2.13.